The van der Waals surface area contributed by atoms with E-state index in [1.807, 2.05) is 0 Å². The van der Waals surface area contributed by atoms with E-state index < -0.39 is 35.3 Å². The fraction of sp³-hybridized carbons (Fsp3) is 0.222. The quantitative estimate of drug-likeness (QED) is 0.314. The molecule has 0 fully saturated rings. The zero-order valence-corrected chi connectivity index (χ0v) is 7.20. The van der Waals surface area contributed by atoms with Crippen molar-refractivity contribution < 1.29 is 22.4 Å². The molecule has 0 saturated carbocycles. The zero-order valence-electron chi connectivity index (χ0n) is 7.20. The summed E-state index contributed by atoms with van der Waals surface area (Å²) in [6.07, 6.45) is -0.187. The van der Waals surface area contributed by atoms with E-state index in [2.05, 4.69) is 0 Å². The van der Waals surface area contributed by atoms with Crippen molar-refractivity contribution in [1.29, 1.82) is 0 Å². The van der Waals surface area contributed by atoms with Crippen molar-refractivity contribution in [2.45, 2.75) is 13.3 Å². The highest BCUT2D eigenvalue weighted by atomic mass is 19.2. The predicted octanol–water partition coefficient (Wildman–Crippen LogP) is 2.29. The lowest BCUT2D eigenvalue weighted by atomic mass is 10.0. The van der Waals surface area contributed by atoms with Gasteiger partial charge in [-0.3, -0.25) is 0 Å². The molecule has 0 saturated heterocycles. The lowest BCUT2D eigenvalue weighted by molar-refractivity contribution is -0.107. The van der Waals surface area contributed by atoms with Gasteiger partial charge in [-0.15, -0.1) is 0 Å². The molecule has 0 bridgehead atoms. The Morgan fingerprint density at radius 2 is 1.50 bits per heavy atom. The van der Waals surface area contributed by atoms with E-state index in [-0.39, 0.29) is 5.56 Å². The fourth-order valence-electron chi connectivity index (χ4n) is 1.11. The van der Waals surface area contributed by atoms with Crippen LogP contribution in [-0.4, -0.2) is 6.29 Å². The maximum atomic E-state index is 12.9. The molecule has 0 aromatic heterocycles. The number of aldehydes is 1. The summed E-state index contributed by atoms with van der Waals surface area (Å²) < 4.78 is 51.1. The fourth-order valence-corrected chi connectivity index (χ4v) is 1.11. The van der Waals surface area contributed by atoms with Crippen molar-refractivity contribution in [3.05, 3.63) is 34.4 Å². The summed E-state index contributed by atoms with van der Waals surface area (Å²) in [7, 11) is 0. The third-order valence-electron chi connectivity index (χ3n) is 1.91. The van der Waals surface area contributed by atoms with Gasteiger partial charge in [-0.25, -0.2) is 17.6 Å². The first kappa shape index (κ1) is 10.7. The molecule has 1 aromatic rings. The minimum absolute atomic E-state index is 0.294. The van der Waals surface area contributed by atoms with E-state index in [1.54, 1.807) is 0 Å². The molecule has 1 aromatic carbocycles. The number of halogens is 4. The van der Waals surface area contributed by atoms with Crippen molar-refractivity contribution in [1.82, 2.24) is 0 Å². The third-order valence-corrected chi connectivity index (χ3v) is 1.91. The van der Waals surface area contributed by atoms with E-state index in [4.69, 9.17) is 0 Å². The molecule has 0 aliphatic rings. The Bertz CT molecular complexity index is 358. The molecule has 0 aliphatic heterocycles. The molecule has 14 heavy (non-hydrogen) atoms. The van der Waals surface area contributed by atoms with E-state index >= 15 is 0 Å². The normalized spacial score (nSPS) is 10.4. The van der Waals surface area contributed by atoms with Crippen LogP contribution < -0.4 is 0 Å². The highest BCUT2D eigenvalue weighted by Gasteiger charge is 2.22. The number of rotatable bonds is 2. The molecule has 0 atom stereocenters. The van der Waals surface area contributed by atoms with Crippen LogP contribution in [-0.2, 0) is 11.2 Å². The van der Waals surface area contributed by atoms with E-state index in [1.165, 1.54) is 0 Å². The molecule has 76 valence electrons. The number of hydrogen-bond acceptors (Lipinski definition) is 1. The van der Waals surface area contributed by atoms with Crippen LogP contribution in [0.3, 0.4) is 0 Å². The summed E-state index contributed by atoms with van der Waals surface area (Å²) in [5.74, 6) is -6.70. The number of hydrogen-bond donors (Lipinski definition) is 0. The zero-order chi connectivity index (χ0) is 10.9. The highest BCUT2D eigenvalue weighted by molar-refractivity contribution is 5.56. The van der Waals surface area contributed by atoms with Crippen LogP contribution in [0.5, 0.6) is 0 Å². The lowest BCUT2D eigenvalue weighted by Crippen LogP contribution is -2.06. The van der Waals surface area contributed by atoms with Crippen LogP contribution in [0.4, 0.5) is 17.6 Å². The second kappa shape index (κ2) is 3.77. The molecule has 5 heteroatoms. The lowest BCUT2D eigenvalue weighted by Gasteiger charge is -2.07. The minimum atomic E-state index is -1.88. The van der Waals surface area contributed by atoms with Gasteiger partial charge in [0.1, 0.15) is 6.29 Å². The molecular formula is C9H6F4O. The topological polar surface area (TPSA) is 17.1 Å². The first-order valence-corrected chi connectivity index (χ1v) is 3.75. The van der Waals surface area contributed by atoms with Crippen LogP contribution in [0.15, 0.2) is 0 Å². The Hall–Kier alpha value is -1.39. The van der Waals surface area contributed by atoms with E-state index in [9.17, 15) is 22.4 Å². The summed E-state index contributed by atoms with van der Waals surface area (Å²) in [5.41, 5.74) is -0.829. The van der Waals surface area contributed by atoms with Crippen LogP contribution in [0, 0.1) is 30.2 Å². The Kier molecular flexibility index (Phi) is 2.88. The van der Waals surface area contributed by atoms with Gasteiger partial charge in [0.15, 0.2) is 23.3 Å². The molecule has 1 nitrogen and oxygen atoms in total. The maximum Gasteiger partial charge on any atom is 0.197 e. The largest absolute Gasteiger partial charge is 0.303 e. The first-order chi connectivity index (χ1) is 6.50. The second-order valence-electron chi connectivity index (χ2n) is 2.73. The van der Waals surface area contributed by atoms with Gasteiger partial charge in [-0.05, 0) is 12.5 Å². The minimum Gasteiger partial charge on any atom is -0.303 e. The van der Waals surface area contributed by atoms with Gasteiger partial charge in [0, 0.05) is 12.0 Å². The predicted molar refractivity (Wildman–Crippen MR) is 40.8 cm³/mol. The summed E-state index contributed by atoms with van der Waals surface area (Å²) in [5, 5.41) is 0. The first-order valence-electron chi connectivity index (χ1n) is 3.75. The summed E-state index contributed by atoms with van der Waals surface area (Å²) in [6.45, 7) is 1.08. The smallest absolute Gasteiger partial charge is 0.197 e. The van der Waals surface area contributed by atoms with Crippen LogP contribution in [0.1, 0.15) is 11.1 Å². The Labute approximate surface area is 77.3 Å². The molecule has 0 heterocycles. The monoisotopic (exact) mass is 206 g/mol. The van der Waals surface area contributed by atoms with Crippen molar-refractivity contribution >= 4 is 6.29 Å². The van der Waals surface area contributed by atoms with Gasteiger partial charge < -0.3 is 4.79 Å². The number of carbonyl (C=O) groups is 1. The van der Waals surface area contributed by atoms with Gasteiger partial charge in [0.2, 0.25) is 0 Å². The van der Waals surface area contributed by atoms with Crippen molar-refractivity contribution in [2.24, 2.45) is 0 Å². The highest BCUT2D eigenvalue weighted by Crippen LogP contribution is 2.23. The van der Waals surface area contributed by atoms with Gasteiger partial charge in [-0.1, -0.05) is 0 Å². The number of benzene rings is 1. The van der Waals surface area contributed by atoms with E-state index in [0.717, 1.165) is 6.92 Å². The summed E-state index contributed by atoms with van der Waals surface area (Å²) >= 11 is 0. The van der Waals surface area contributed by atoms with Crippen LogP contribution in [0.2, 0.25) is 0 Å². The molecule has 0 N–H and O–H groups in total. The van der Waals surface area contributed by atoms with Gasteiger partial charge in [-0.2, -0.15) is 0 Å². The van der Waals surface area contributed by atoms with Crippen LogP contribution in [0.25, 0.3) is 0 Å². The average Bonchev–Trinajstić information content (AvgIpc) is 2.19. The van der Waals surface area contributed by atoms with Crippen molar-refractivity contribution in [2.75, 3.05) is 0 Å². The molecule has 0 spiro atoms. The average molecular weight is 206 g/mol. The molecule has 0 unspecified atom stereocenters. The van der Waals surface area contributed by atoms with Gasteiger partial charge >= 0.3 is 0 Å². The molecular weight excluding hydrogens is 200 g/mol. The maximum absolute atomic E-state index is 12.9. The van der Waals surface area contributed by atoms with Crippen LogP contribution >= 0.6 is 0 Å². The van der Waals surface area contributed by atoms with Gasteiger partial charge in [0.25, 0.3) is 0 Å². The molecule has 0 amide bonds. The molecule has 1 rings (SSSR count). The summed E-state index contributed by atoms with van der Waals surface area (Å²) in [6, 6.07) is 0. The Morgan fingerprint density at radius 1 is 1.00 bits per heavy atom. The van der Waals surface area contributed by atoms with Crippen molar-refractivity contribution in [3.63, 3.8) is 0 Å². The molecule has 0 radical (unpaired) electrons. The molecule has 0 aliphatic carbocycles. The van der Waals surface area contributed by atoms with Crippen molar-refractivity contribution in [3.8, 4) is 0 Å². The Balaban J connectivity index is 3.50. The Morgan fingerprint density at radius 3 is 2.00 bits per heavy atom. The van der Waals surface area contributed by atoms with E-state index in [0.29, 0.717) is 6.29 Å². The standard InChI is InChI=1S/C9H6F4O/c1-4-5(2-3-14)7(11)9(13)8(12)6(4)10/h3H,2H2,1H3. The number of carbonyl (C=O) groups excluding carboxylic acids is 1. The summed E-state index contributed by atoms with van der Waals surface area (Å²) in [4.78, 5) is 10.1. The van der Waals surface area contributed by atoms with Gasteiger partial charge in [0.05, 0.1) is 0 Å². The second-order valence-corrected chi connectivity index (χ2v) is 2.73. The SMILES string of the molecule is Cc1c(F)c(F)c(F)c(F)c1CC=O. The third kappa shape index (κ3) is 1.49.